The molecule has 2 aromatic heterocycles. The third-order valence-corrected chi connectivity index (χ3v) is 2.98. The fourth-order valence-electron chi connectivity index (χ4n) is 1.96. The number of hydrogen-bond acceptors (Lipinski definition) is 6. The molecule has 20 heavy (non-hydrogen) atoms. The van der Waals surface area contributed by atoms with Gasteiger partial charge in [0, 0.05) is 12.7 Å². The van der Waals surface area contributed by atoms with Gasteiger partial charge in [-0.3, -0.25) is 10.1 Å². The van der Waals surface area contributed by atoms with Gasteiger partial charge in [-0.25, -0.2) is 14.6 Å². The molecule has 0 aliphatic rings. The Morgan fingerprint density at radius 2 is 2.10 bits per heavy atom. The predicted octanol–water partition coefficient (Wildman–Crippen LogP) is 1.74. The van der Waals surface area contributed by atoms with E-state index in [-0.39, 0.29) is 17.3 Å². The molecule has 0 atom stereocenters. The van der Waals surface area contributed by atoms with Crippen molar-refractivity contribution in [2.24, 2.45) is 0 Å². The highest BCUT2D eigenvalue weighted by Gasteiger charge is 2.25. The van der Waals surface area contributed by atoms with Crippen LogP contribution in [0.25, 0.3) is 5.82 Å². The Bertz CT molecular complexity index is 637. The average molecular weight is 276 g/mol. The van der Waals surface area contributed by atoms with E-state index >= 15 is 0 Å². The van der Waals surface area contributed by atoms with Gasteiger partial charge in [-0.15, -0.1) is 0 Å². The van der Waals surface area contributed by atoms with Crippen molar-refractivity contribution in [3.05, 3.63) is 33.9 Å². The third-order valence-electron chi connectivity index (χ3n) is 2.98. The Morgan fingerprint density at radius 1 is 1.35 bits per heavy atom. The molecule has 2 heterocycles. The monoisotopic (exact) mass is 276 g/mol. The van der Waals surface area contributed by atoms with Crippen molar-refractivity contribution in [2.45, 2.75) is 26.7 Å². The molecule has 8 heteroatoms. The molecule has 0 amide bonds. The number of nitrogens with zero attached hydrogens (tertiary/aromatic N) is 5. The first-order chi connectivity index (χ1) is 9.62. The summed E-state index contributed by atoms with van der Waals surface area (Å²) in [6, 6.07) is 1.94. The highest BCUT2D eigenvalue weighted by Crippen LogP contribution is 2.28. The van der Waals surface area contributed by atoms with E-state index in [0.29, 0.717) is 6.42 Å². The number of anilines is 1. The Hall–Kier alpha value is -2.51. The Kier molecular flexibility index (Phi) is 3.92. The van der Waals surface area contributed by atoms with Crippen LogP contribution in [-0.2, 0) is 12.8 Å². The topological polar surface area (TPSA) is 98.8 Å². The summed E-state index contributed by atoms with van der Waals surface area (Å²) >= 11 is 0. The second-order valence-electron chi connectivity index (χ2n) is 4.15. The minimum absolute atomic E-state index is 0.171. The summed E-state index contributed by atoms with van der Waals surface area (Å²) in [4.78, 5) is 18.7. The molecule has 2 aromatic rings. The van der Waals surface area contributed by atoms with Crippen LogP contribution in [0.4, 0.5) is 11.5 Å². The molecule has 8 nitrogen and oxygen atoms in total. The van der Waals surface area contributed by atoms with Gasteiger partial charge in [0.2, 0.25) is 11.6 Å². The summed E-state index contributed by atoms with van der Waals surface area (Å²) in [5, 5.41) is 18.4. The summed E-state index contributed by atoms with van der Waals surface area (Å²) < 4.78 is 1.53. The molecule has 0 unspecified atom stereocenters. The van der Waals surface area contributed by atoms with Gasteiger partial charge in [0.05, 0.1) is 10.6 Å². The maximum atomic E-state index is 11.3. The van der Waals surface area contributed by atoms with Crippen LogP contribution in [0.3, 0.4) is 0 Å². The highest BCUT2D eigenvalue weighted by atomic mass is 16.6. The molecule has 0 aliphatic carbocycles. The van der Waals surface area contributed by atoms with E-state index in [1.165, 1.54) is 11.0 Å². The molecule has 2 rings (SSSR count). The van der Waals surface area contributed by atoms with Gasteiger partial charge in [0.1, 0.15) is 6.33 Å². The second-order valence-corrected chi connectivity index (χ2v) is 4.15. The van der Waals surface area contributed by atoms with Gasteiger partial charge in [0.15, 0.2) is 0 Å². The summed E-state index contributed by atoms with van der Waals surface area (Å²) in [6.07, 6.45) is 2.77. The van der Waals surface area contributed by atoms with Crippen LogP contribution in [0, 0.1) is 10.1 Å². The zero-order chi connectivity index (χ0) is 14.7. The molecule has 106 valence electrons. The van der Waals surface area contributed by atoms with E-state index in [4.69, 9.17) is 0 Å². The van der Waals surface area contributed by atoms with E-state index in [2.05, 4.69) is 20.4 Å². The maximum Gasteiger partial charge on any atom is 0.355 e. The summed E-state index contributed by atoms with van der Waals surface area (Å²) in [7, 11) is 1.58. The van der Waals surface area contributed by atoms with Gasteiger partial charge in [-0.1, -0.05) is 13.8 Å². The standard InChI is InChI=1S/C12H16N6O2/c1-4-8-6-9(5-2)17(16-8)12-10(18(19)20)11(13-3)14-7-15-12/h6-7H,4-5H2,1-3H3,(H,13,14,15). The Balaban J connectivity index is 2.69. The lowest BCUT2D eigenvalue weighted by atomic mass is 10.2. The van der Waals surface area contributed by atoms with Crippen molar-refractivity contribution in [1.82, 2.24) is 19.7 Å². The highest BCUT2D eigenvalue weighted by molar-refractivity contribution is 5.63. The summed E-state index contributed by atoms with van der Waals surface area (Å²) in [6.45, 7) is 3.96. The number of rotatable bonds is 5. The minimum Gasteiger partial charge on any atom is -0.367 e. The molecule has 0 bridgehead atoms. The zero-order valence-corrected chi connectivity index (χ0v) is 11.6. The van der Waals surface area contributed by atoms with Crippen LogP contribution >= 0.6 is 0 Å². The van der Waals surface area contributed by atoms with Gasteiger partial charge < -0.3 is 5.32 Å². The largest absolute Gasteiger partial charge is 0.367 e. The van der Waals surface area contributed by atoms with Gasteiger partial charge in [-0.05, 0) is 18.9 Å². The van der Waals surface area contributed by atoms with Crippen LogP contribution in [0.1, 0.15) is 25.2 Å². The quantitative estimate of drug-likeness (QED) is 0.659. The van der Waals surface area contributed by atoms with Crippen LogP contribution in [0.2, 0.25) is 0 Å². The van der Waals surface area contributed by atoms with Crippen molar-refractivity contribution >= 4 is 11.5 Å². The molecule has 0 fully saturated rings. The van der Waals surface area contributed by atoms with Crippen molar-refractivity contribution in [3.63, 3.8) is 0 Å². The van der Waals surface area contributed by atoms with Crippen LogP contribution < -0.4 is 5.32 Å². The fourth-order valence-corrected chi connectivity index (χ4v) is 1.96. The van der Waals surface area contributed by atoms with Gasteiger partial charge in [0.25, 0.3) is 0 Å². The molecule has 0 aromatic carbocycles. The minimum atomic E-state index is -0.492. The lowest BCUT2D eigenvalue weighted by Crippen LogP contribution is -2.10. The molecule has 0 aliphatic heterocycles. The molecular formula is C12H16N6O2. The summed E-state index contributed by atoms with van der Waals surface area (Å²) in [5.74, 6) is 0.363. The van der Waals surface area contributed by atoms with Crippen molar-refractivity contribution in [3.8, 4) is 5.82 Å². The SMILES string of the molecule is CCc1cc(CC)n(-c2ncnc(NC)c2[N+](=O)[O-])n1. The number of hydrogen-bond donors (Lipinski definition) is 1. The van der Waals surface area contributed by atoms with Crippen LogP contribution in [0.15, 0.2) is 12.4 Å². The first-order valence-corrected chi connectivity index (χ1v) is 6.37. The normalized spacial score (nSPS) is 10.6. The van der Waals surface area contributed by atoms with Crippen molar-refractivity contribution in [2.75, 3.05) is 12.4 Å². The predicted molar refractivity (Wildman–Crippen MR) is 74.1 cm³/mol. The van der Waals surface area contributed by atoms with Crippen molar-refractivity contribution < 1.29 is 4.92 Å². The molecule has 0 spiro atoms. The van der Waals surface area contributed by atoms with Crippen LogP contribution in [0.5, 0.6) is 0 Å². The number of nitrogens with one attached hydrogen (secondary N) is 1. The molecular weight excluding hydrogens is 260 g/mol. The Labute approximate surface area is 116 Å². The molecule has 0 saturated carbocycles. The Morgan fingerprint density at radius 3 is 2.65 bits per heavy atom. The second kappa shape index (κ2) is 5.64. The lowest BCUT2D eigenvalue weighted by molar-refractivity contribution is -0.384. The zero-order valence-electron chi connectivity index (χ0n) is 11.6. The third kappa shape index (κ3) is 2.31. The number of nitro groups is 1. The average Bonchev–Trinajstić information content (AvgIpc) is 2.89. The van der Waals surface area contributed by atoms with E-state index in [1.54, 1.807) is 7.05 Å². The lowest BCUT2D eigenvalue weighted by Gasteiger charge is -2.07. The van der Waals surface area contributed by atoms with Gasteiger partial charge >= 0.3 is 5.69 Å². The first-order valence-electron chi connectivity index (χ1n) is 6.37. The molecule has 0 saturated heterocycles. The van der Waals surface area contributed by atoms with E-state index in [1.807, 2.05) is 19.9 Å². The fraction of sp³-hybridized carbons (Fsp3) is 0.417. The van der Waals surface area contributed by atoms with Crippen molar-refractivity contribution in [1.29, 1.82) is 0 Å². The number of aryl methyl sites for hydroxylation is 2. The molecule has 1 N–H and O–H groups in total. The first kappa shape index (κ1) is 13.9. The summed E-state index contributed by atoms with van der Waals surface area (Å²) in [5.41, 5.74) is 1.59. The number of aromatic nitrogens is 4. The van der Waals surface area contributed by atoms with E-state index in [0.717, 1.165) is 17.8 Å². The van der Waals surface area contributed by atoms with E-state index < -0.39 is 4.92 Å². The van der Waals surface area contributed by atoms with Crippen LogP contribution in [-0.4, -0.2) is 31.7 Å². The maximum absolute atomic E-state index is 11.3. The van der Waals surface area contributed by atoms with Gasteiger partial charge in [-0.2, -0.15) is 5.10 Å². The van der Waals surface area contributed by atoms with E-state index in [9.17, 15) is 10.1 Å². The molecule has 0 radical (unpaired) electrons. The smallest absolute Gasteiger partial charge is 0.355 e.